The van der Waals surface area contributed by atoms with Gasteiger partial charge in [0.25, 0.3) is 0 Å². The maximum atomic E-state index is 9.83. The Morgan fingerprint density at radius 3 is 2.58 bits per heavy atom. The first-order valence-corrected chi connectivity index (χ1v) is 4.94. The van der Waals surface area contributed by atoms with Crippen LogP contribution in [0.2, 0.25) is 0 Å². The van der Waals surface area contributed by atoms with Crippen LogP contribution in [0.1, 0.15) is 33.1 Å². The van der Waals surface area contributed by atoms with Crippen LogP contribution in [-0.4, -0.2) is 23.4 Å². The average molecular weight is 170 g/mol. The van der Waals surface area contributed by atoms with Crippen molar-refractivity contribution in [3.8, 4) is 0 Å². The Bertz CT molecular complexity index is 175. The van der Waals surface area contributed by atoms with Crippen LogP contribution < -0.4 is 0 Å². The number of rotatable bonds is 1. The van der Waals surface area contributed by atoms with Gasteiger partial charge >= 0.3 is 0 Å². The Kier molecular flexibility index (Phi) is 1.92. The van der Waals surface area contributed by atoms with E-state index in [2.05, 4.69) is 13.8 Å². The summed E-state index contributed by atoms with van der Waals surface area (Å²) < 4.78 is 5.38. The Morgan fingerprint density at radius 2 is 2.08 bits per heavy atom. The van der Waals surface area contributed by atoms with Gasteiger partial charge in [-0.05, 0) is 25.7 Å². The molecule has 0 spiro atoms. The smallest absolute Gasteiger partial charge is 0.0941 e. The Morgan fingerprint density at radius 1 is 1.42 bits per heavy atom. The van der Waals surface area contributed by atoms with Crippen molar-refractivity contribution in [3.05, 3.63) is 0 Å². The summed E-state index contributed by atoms with van der Waals surface area (Å²) in [7, 11) is 0. The first kappa shape index (κ1) is 8.52. The molecule has 12 heavy (non-hydrogen) atoms. The molecular formula is C10H18O2. The van der Waals surface area contributed by atoms with Crippen LogP contribution in [0.5, 0.6) is 0 Å². The standard InChI is InChI=1S/C10H18O2/c1-7-3-4-8(9(11)5-7)10(2)6-12-10/h7-9,11H,3-6H2,1-2H3/t7-,8?,9-,10+/m1/s1. The second-order valence-electron chi connectivity index (χ2n) is 4.69. The Hall–Kier alpha value is -0.0800. The van der Waals surface area contributed by atoms with Crippen LogP contribution in [0.4, 0.5) is 0 Å². The number of hydrogen-bond donors (Lipinski definition) is 1. The van der Waals surface area contributed by atoms with Gasteiger partial charge in [-0.2, -0.15) is 0 Å². The van der Waals surface area contributed by atoms with E-state index in [0.29, 0.717) is 11.8 Å². The summed E-state index contributed by atoms with van der Waals surface area (Å²) in [5.74, 6) is 1.09. The molecule has 0 aromatic carbocycles. The number of epoxide rings is 1. The lowest BCUT2D eigenvalue weighted by molar-refractivity contribution is 0.0103. The first-order chi connectivity index (χ1) is 5.62. The summed E-state index contributed by atoms with van der Waals surface area (Å²) in [6.45, 7) is 5.19. The molecule has 0 bridgehead atoms. The van der Waals surface area contributed by atoms with E-state index in [9.17, 15) is 5.11 Å². The molecule has 4 atom stereocenters. The van der Waals surface area contributed by atoms with Gasteiger partial charge in [-0.25, -0.2) is 0 Å². The second kappa shape index (κ2) is 2.71. The van der Waals surface area contributed by atoms with Crippen molar-refractivity contribution in [1.29, 1.82) is 0 Å². The van der Waals surface area contributed by atoms with Gasteiger partial charge in [-0.3, -0.25) is 0 Å². The SMILES string of the molecule is C[C@@H]1CCC([C@]2(C)CO2)[C@H](O)C1. The molecule has 70 valence electrons. The van der Waals surface area contributed by atoms with Gasteiger partial charge < -0.3 is 9.84 Å². The van der Waals surface area contributed by atoms with Gasteiger partial charge in [0.2, 0.25) is 0 Å². The minimum absolute atomic E-state index is 0.0273. The fourth-order valence-electron chi connectivity index (χ4n) is 2.39. The first-order valence-electron chi connectivity index (χ1n) is 4.94. The van der Waals surface area contributed by atoms with Crippen molar-refractivity contribution in [2.75, 3.05) is 6.61 Å². The zero-order valence-corrected chi connectivity index (χ0v) is 7.92. The van der Waals surface area contributed by atoms with E-state index < -0.39 is 0 Å². The molecule has 0 aromatic heterocycles. The lowest BCUT2D eigenvalue weighted by atomic mass is 9.75. The van der Waals surface area contributed by atoms with Gasteiger partial charge in [0.15, 0.2) is 0 Å². The quantitative estimate of drug-likeness (QED) is 0.606. The Labute approximate surface area is 73.9 Å². The highest BCUT2D eigenvalue weighted by Gasteiger charge is 2.50. The lowest BCUT2D eigenvalue weighted by Crippen LogP contribution is -2.37. The minimum Gasteiger partial charge on any atom is -0.393 e. The van der Waals surface area contributed by atoms with Crippen LogP contribution in [0.3, 0.4) is 0 Å². The maximum Gasteiger partial charge on any atom is 0.0941 e. The van der Waals surface area contributed by atoms with E-state index in [4.69, 9.17) is 4.74 Å². The highest BCUT2D eigenvalue weighted by Crippen LogP contribution is 2.44. The highest BCUT2D eigenvalue weighted by molar-refractivity contribution is 4.99. The summed E-state index contributed by atoms with van der Waals surface area (Å²) in [6, 6.07) is 0. The van der Waals surface area contributed by atoms with Crippen LogP contribution in [-0.2, 0) is 4.74 Å². The predicted molar refractivity (Wildman–Crippen MR) is 46.9 cm³/mol. The molecule has 1 unspecified atom stereocenters. The number of hydrogen-bond acceptors (Lipinski definition) is 2. The third kappa shape index (κ3) is 1.38. The van der Waals surface area contributed by atoms with E-state index in [0.717, 1.165) is 19.4 Å². The Balaban J connectivity index is 1.98. The summed E-state index contributed by atoms with van der Waals surface area (Å²) in [4.78, 5) is 0. The molecule has 0 radical (unpaired) electrons. The monoisotopic (exact) mass is 170 g/mol. The molecule has 2 heteroatoms. The van der Waals surface area contributed by atoms with Gasteiger partial charge in [-0.1, -0.05) is 13.3 Å². The molecule has 1 N–H and O–H groups in total. The molecule has 1 heterocycles. The topological polar surface area (TPSA) is 32.8 Å². The van der Waals surface area contributed by atoms with Crippen LogP contribution in [0.15, 0.2) is 0 Å². The zero-order chi connectivity index (χ0) is 8.77. The van der Waals surface area contributed by atoms with E-state index >= 15 is 0 Å². The van der Waals surface area contributed by atoms with E-state index in [1.807, 2.05) is 0 Å². The van der Waals surface area contributed by atoms with Crippen molar-refractivity contribution < 1.29 is 9.84 Å². The van der Waals surface area contributed by atoms with Crippen LogP contribution in [0.25, 0.3) is 0 Å². The molecule has 1 saturated carbocycles. The highest BCUT2D eigenvalue weighted by atomic mass is 16.6. The average Bonchev–Trinajstić information content (AvgIpc) is 2.68. The zero-order valence-electron chi connectivity index (χ0n) is 7.92. The third-order valence-electron chi connectivity index (χ3n) is 3.46. The summed E-state index contributed by atoms with van der Waals surface area (Å²) in [6.07, 6.45) is 3.23. The molecule has 2 fully saturated rings. The molecule has 0 aromatic rings. The van der Waals surface area contributed by atoms with Gasteiger partial charge in [-0.15, -0.1) is 0 Å². The molecular weight excluding hydrogens is 152 g/mol. The second-order valence-corrected chi connectivity index (χ2v) is 4.69. The third-order valence-corrected chi connectivity index (χ3v) is 3.46. The van der Waals surface area contributed by atoms with Gasteiger partial charge in [0.05, 0.1) is 18.3 Å². The minimum atomic E-state index is -0.124. The molecule has 2 aliphatic rings. The van der Waals surface area contributed by atoms with Gasteiger partial charge in [0.1, 0.15) is 0 Å². The summed E-state index contributed by atoms with van der Waals surface area (Å²) in [5, 5.41) is 9.83. The predicted octanol–water partition coefficient (Wildman–Crippen LogP) is 1.57. The summed E-state index contributed by atoms with van der Waals surface area (Å²) >= 11 is 0. The van der Waals surface area contributed by atoms with Crippen molar-refractivity contribution in [3.63, 3.8) is 0 Å². The normalized spacial score (nSPS) is 53.8. The maximum absolute atomic E-state index is 9.83. The van der Waals surface area contributed by atoms with Crippen molar-refractivity contribution in [1.82, 2.24) is 0 Å². The van der Waals surface area contributed by atoms with E-state index in [1.54, 1.807) is 0 Å². The number of aliphatic hydroxyl groups excluding tert-OH is 1. The molecule has 1 aliphatic carbocycles. The number of ether oxygens (including phenoxy) is 1. The molecule has 1 aliphatic heterocycles. The number of aliphatic hydroxyl groups is 1. The molecule has 0 amide bonds. The fraction of sp³-hybridized carbons (Fsp3) is 1.00. The fourth-order valence-corrected chi connectivity index (χ4v) is 2.39. The molecule has 2 rings (SSSR count). The van der Waals surface area contributed by atoms with Crippen molar-refractivity contribution in [2.45, 2.75) is 44.8 Å². The van der Waals surface area contributed by atoms with Crippen molar-refractivity contribution >= 4 is 0 Å². The van der Waals surface area contributed by atoms with Crippen LogP contribution >= 0.6 is 0 Å². The van der Waals surface area contributed by atoms with Gasteiger partial charge in [0, 0.05) is 5.92 Å². The lowest BCUT2D eigenvalue weighted by Gasteiger charge is -2.33. The summed E-state index contributed by atoms with van der Waals surface area (Å²) in [5.41, 5.74) is 0.0273. The molecule has 2 nitrogen and oxygen atoms in total. The van der Waals surface area contributed by atoms with Crippen molar-refractivity contribution in [2.24, 2.45) is 11.8 Å². The van der Waals surface area contributed by atoms with E-state index in [1.165, 1.54) is 6.42 Å². The molecule has 1 saturated heterocycles. The largest absolute Gasteiger partial charge is 0.393 e. The van der Waals surface area contributed by atoms with Crippen LogP contribution in [0, 0.1) is 11.8 Å². The van der Waals surface area contributed by atoms with E-state index in [-0.39, 0.29) is 11.7 Å².